The smallest absolute Gasteiger partial charge is 0.000580 e. The molecule has 4 aliphatic heterocycles. The molecule has 0 amide bonds. The van der Waals surface area contributed by atoms with Crippen molar-refractivity contribution in [3.05, 3.63) is 0 Å². The molecule has 4 rings (SSSR count). The van der Waals surface area contributed by atoms with E-state index in [1.807, 2.05) is 0 Å². The zero-order chi connectivity index (χ0) is 25.3. The fraction of sp³-hybridized carbons (Fsp3) is 1.00. The number of hydrogen-bond acceptors (Lipinski definition) is 4. The second-order valence-electron chi connectivity index (χ2n) is 12.7. The second-order valence-corrected chi connectivity index (χ2v) is 12.7. The third-order valence-corrected chi connectivity index (χ3v) is 8.60. The Morgan fingerprint density at radius 2 is 0.765 bits per heavy atom. The molecular weight excluding hydrogens is 416 g/mol. The van der Waals surface area contributed by atoms with E-state index < -0.39 is 0 Å². The van der Waals surface area contributed by atoms with Gasteiger partial charge in [0.1, 0.15) is 0 Å². The van der Waals surface area contributed by atoms with Crippen LogP contribution in [0.1, 0.15) is 93.9 Å². The summed E-state index contributed by atoms with van der Waals surface area (Å²) in [5.41, 5.74) is 0. The molecule has 4 N–H and O–H groups in total. The zero-order valence-electron chi connectivity index (χ0n) is 24.5. The van der Waals surface area contributed by atoms with E-state index >= 15 is 0 Å². The first-order chi connectivity index (χ1) is 16.2. The highest BCUT2D eigenvalue weighted by Gasteiger charge is 2.19. The van der Waals surface area contributed by atoms with Crippen LogP contribution in [0.3, 0.4) is 0 Å². The SMILES string of the molecule is CC(C)C1CCCCNC1.CC(C)C1CCCNC1.CC(C)C1CCNC1.CC(C)C1CNC1. The van der Waals surface area contributed by atoms with Crippen LogP contribution in [0.2, 0.25) is 0 Å². The summed E-state index contributed by atoms with van der Waals surface area (Å²) in [5.74, 6) is 7.31. The molecule has 0 bridgehead atoms. The van der Waals surface area contributed by atoms with Crippen molar-refractivity contribution < 1.29 is 0 Å². The molecule has 0 aliphatic carbocycles. The summed E-state index contributed by atoms with van der Waals surface area (Å²) >= 11 is 0. The Labute approximate surface area is 215 Å². The normalized spacial score (nSPS) is 27.7. The van der Waals surface area contributed by atoms with Crippen molar-refractivity contribution in [1.82, 2.24) is 21.3 Å². The van der Waals surface area contributed by atoms with E-state index in [0.717, 1.165) is 47.3 Å². The molecule has 4 heteroatoms. The lowest BCUT2D eigenvalue weighted by Gasteiger charge is -2.30. The standard InChI is InChI=1S/C9H19N.C8H17N.C7H15N.C6H13N/c1-8(2)9-5-3-4-6-10-7-9;1-7(2)8-4-3-5-9-6-8;1-6(2)7-3-4-8-5-7;1-5(2)6-3-7-4-6/h8-10H,3-7H2,1-2H3;7-9H,3-6H2,1-2H3;6-8H,3-5H2,1-2H3;5-7H,3-4H2,1-2H3. The summed E-state index contributed by atoms with van der Waals surface area (Å²) < 4.78 is 0. The van der Waals surface area contributed by atoms with Gasteiger partial charge in [0, 0.05) is 0 Å². The summed E-state index contributed by atoms with van der Waals surface area (Å²) in [6.07, 6.45) is 8.44. The lowest BCUT2D eigenvalue weighted by Crippen LogP contribution is -2.44. The molecule has 3 unspecified atom stereocenters. The van der Waals surface area contributed by atoms with Crippen LogP contribution in [0, 0.1) is 47.3 Å². The van der Waals surface area contributed by atoms with Gasteiger partial charge in [-0.05, 0) is 132 Å². The van der Waals surface area contributed by atoms with Gasteiger partial charge in [-0.2, -0.15) is 0 Å². The second kappa shape index (κ2) is 19.0. The van der Waals surface area contributed by atoms with Gasteiger partial charge in [0.15, 0.2) is 0 Å². The van der Waals surface area contributed by atoms with Crippen molar-refractivity contribution in [3.63, 3.8) is 0 Å². The van der Waals surface area contributed by atoms with Gasteiger partial charge in [0.2, 0.25) is 0 Å². The van der Waals surface area contributed by atoms with Gasteiger partial charge >= 0.3 is 0 Å². The van der Waals surface area contributed by atoms with Crippen molar-refractivity contribution in [1.29, 1.82) is 0 Å². The molecule has 3 atom stereocenters. The Hall–Kier alpha value is -0.160. The third-order valence-electron chi connectivity index (χ3n) is 8.60. The molecule has 0 saturated carbocycles. The number of piperidine rings is 1. The lowest BCUT2D eigenvalue weighted by atomic mass is 9.89. The molecule has 4 aliphatic rings. The van der Waals surface area contributed by atoms with Crippen LogP contribution >= 0.6 is 0 Å². The maximum absolute atomic E-state index is 3.48. The van der Waals surface area contributed by atoms with E-state index in [9.17, 15) is 0 Å². The first-order valence-electron chi connectivity index (χ1n) is 15.0. The molecule has 4 fully saturated rings. The molecule has 0 radical (unpaired) electrons. The van der Waals surface area contributed by atoms with Crippen molar-refractivity contribution >= 4 is 0 Å². The van der Waals surface area contributed by atoms with E-state index in [4.69, 9.17) is 0 Å². The highest BCUT2D eigenvalue weighted by atomic mass is 14.9. The Morgan fingerprint density at radius 3 is 1.09 bits per heavy atom. The van der Waals surface area contributed by atoms with Crippen molar-refractivity contribution in [2.45, 2.75) is 93.9 Å². The predicted octanol–water partition coefficient (Wildman–Crippen LogP) is 5.79. The van der Waals surface area contributed by atoms with Crippen LogP contribution in [0.25, 0.3) is 0 Å². The van der Waals surface area contributed by atoms with Crippen molar-refractivity contribution in [2.24, 2.45) is 47.3 Å². The molecule has 4 saturated heterocycles. The minimum Gasteiger partial charge on any atom is -0.316 e. The maximum atomic E-state index is 3.48. The molecule has 0 aromatic rings. The van der Waals surface area contributed by atoms with Gasteiger partial charge in [-0.15, -0.1) is 0 Å². The van der Waals surface area contributed by atoms with Crippen LogP contribution < -0.4 is 21.3 Å². The zero-order valence-corrected chi connectivity index (χ0v) is 24.5. The summed E-state index contributed by atoms with van der Waals surface area (Å²) in [5, 5.41) is 13.5. The molecule has 34 heavy (non-hydrogen) atoms. The van der Waals surface area contributed by atoms with E-state index in [2.05, 4.69) is 76.7 Å². The van der Waals surface area contributed by atoms with Gasteiger partial charge in [-0.3, -0.25) is 0 Å². The average Bonchev–Trinajstić information content (AvgIpc) is 3.17. The van der Waals surface area contributed by atoms with Crippen molar-refractivity contribution in [3.8, 4) is 0 Å². The highest BCUT2D eigenvalue weighted by molar-refractivity contribution is 4.76. The molecule has 0 aromatic carbocycles. The van der Waals surface area contributed by atoms with Crippen LogP contribution in [-0.4, -0.2) is 52.4 Å². The van der Waals surface area contributed by atoms with Gasteiger partial charge in [-0.1, -0.05) is 61.8 Å². The van der Waals surface area contributed by atoms with E-state index in [-0.39, 0.29) is 0 Å². The number of hydrogen-bond donors (Lipinski definition) is 4. The van der Waals surface area contributed by atoms with Gasteiger partial charge in [-0.25, -0.2) is 0 Å². The fourth-order valence-corrected chi connectivity index (χ4v) is 5.09. The summed E-state index contributed by atoms with van der Waals surface area (Å²) in [6.45, 7) is 28.4. The third kappa shape index (κ3) is 14.4. The minimum atomic E-state index is 0.866. The first-order valence-corrected chi connectivity index (χ1v) is 15.0. The topological polar surface area (TPSA) is 48.1 Å². The van der Waals surface area contributed by atoms with Crippen LogP contribution in [0.15, 0.2) is 0 Å². The van der Waals surface area contributed by atoms with Gasteiger partial charge in [0.25, 0.3) is 0 Å². The maximum Gasteiger partial charge on any atom is -0.000580 e. The Balaban J connectivity index is 0.000000228. The number of nitrogens with one attached hydrogen (secondary N) is 4. The summed E-state index contributed by atoms with van der Waals surface area (Å²) in [4.78, 5) is 0. The fourth-order valence-electron chi connectivity index (χ4n) is 5.09. The van der Waals surface area contributed by atoms with E-state index in [0.29, 0.717) is 0 Å². The Kier molecular flexibility index (Phi) is 17.8. The highest BCUT2D eigenvalue weighted by Crippen LogP contribution is 2.19. The van der Waals surface area contributed by atoms with Crippen molar-refractivity contribution in [2.75, 3.05) is 52.4 Å². The molecule has 0 spiro atoms. The van der Waals surface area contributed by atoms with Crippen LogP contribution in [0.5, 0.6) is 0 Å². The lowest BCUT2D eigenvalue weighted by molar-refractivity contribution is 0.265. The van der Waals surface area contributed by atoms with Crippen LogP contribution in [-0.2, 0) is 0 Å². The molecule has 4 heterocycles. The molecular formula is C30H64N4. The van der Waals surface area contributed by atoms with Crippen LogP contribution in [0.4, 0.5) is 0 Å². The molecule has 4 nitrogen and oxygen atoms in total. The Morgan fingerprint density at radius 1 is 0.382 bits per heavy atom. The monoisotopic (exact) mass is 481 g/mol. The number of rotatable bonds is 4. The van der Waals surface area contributed by atoms with Gasteiger partial charge in [0.05, 0.1) is 0 Å². The molecule has 0 aromatic heterocycles. The summed E-state index contributed by atoms with van der Waals surface area (Å²) in [7, 11) is 0. The largest absolute Gasteiger partial charge is 0.316 e. The predicted molar refractivity (Wildman–Crippen MR) is 152 cm³/mol. The molecule has 204 valence electrons. The Bertz CT molecular complexity index is 439. The minimum absolute atomic E-state index is 0.866. The van der Waals surface area contributed by atoms with E-state index in [1.165, 1.54) is 90.9 Å². The first kappa shape index (κ1) is 31.9. The van der Waals surface area contributed by atoms with Gasteiger partial charge < -0.3 is 21.3 Å². The van der Waals surface area contributed by atoms with E-state index in [1.54, 1.807) is 0 Å². The summed E-state index contributed by atoms with van der Waals surface area (Å²) in [6, 6.07) is 0. The quantitative estimate of drug-likeness (QED) is 0.411. The average molecular weight is 481 g/mol.